The Hall–Kier alpha value is -2.76. The Morgan fingerprint density at radius 2 is 2.28 bits per heavy atom. The molecule has 0 aliphatic carbocycles. The second-order valence-electron chi connectivity index (χ2n) is 8.15. The second kappa shape index (κ2) is 9.63. The third kappa shape index (κ3) is 5.86. The van der Waals surface area contributed by atoms with E-state index in [2.05, 4.69) is 49.5 Å². The fourth-order valence-electron chi connectivity index (χ4n) is 3.38. The van der Waals surface area contributed by atoms with Crippen LogP contribution in [0.1, 0.15) is 44.9 Å². The molecule has 1 aliphatic rings. The molecule has 2 amide bonds. The lowest BCUT2D eigenvalue weighted by atomic mass is 9.91. The highest BCUT2D eigenvalue weighted by atomic mass is 16.5. The lowest BCUT2D eigenvalue weighted by Crippen LogP contribution is -2.42. The number of benzene rings is 1. The van der Waals surface area contributed by atoms with Gasteiger partial charge in [-0.25, -0.2) is 4.79 Å². The first-order chi connectivity index (χ1) is 13.9. The van der Waals surface area contributed by atoms with Gasteiger partial charge in [-0.2, -0.15) is 0 Å². The van der Waals surface area contributed by atoms with Crippen LogP contribution in [0.3, 0.4) is 0 Å². The molecule has 1 fully saturated rings. The highest BCUT2D eigenvalue weighted by Crippen LogP contribution is 2.27. The van der Waals surface area contributed by atoms with Gasteiger partial charge in [0.15, 0.2) is 5.76 Å². The third-order valence-electron chi connectivity index (χ3n) is 5.25. The van der Waals surface area contributed by atoms with Crippen molar-refractivity contribution in [3.05, 3.63) is 47.4 Å². The molecule has 3 rings (SSSR count). The Labute approximate surface area is 172 Å². The number of nitrogens with one attached hydrogen (secondary N) is 1. The van der Waals surface area contributed by atoms with Crippen LogP contribution in [0.25, 0.3) is 6.08 Å². The number of hydrogen-bond donors (Lipinski definition) is 1. The highest BCUT2D eigenvalue weighted by molar-refractivity contribution is 5.89. The maximum Gasteiger partial charge on any atom is 0.322 e. The van der Waals surface area contributed by atoms with Gasteiger partial charge in [0.05, 0.1) is 12.8 Å². The van der Waals surface area contributed by atoms with Crippen molar-refractivity contribution in [2.45, 2.75) is 40.5 Å². The number of likely N-dealkylation sites (tertiary alicyclic amines) is 1. The Balaban J connectivity index is 1.58. The number of hydrogen-bond acceptors (Lipinski definition) is 4. The zero-order chi connectivity index (χ0) is 20.8. The number of rotatable bonds is 6. The van der Waals surface area contributed by atoms with Crippen molar-refractivity contribution in [3.8, 4) is 5.75 Å². The average Bonchev–Trinajstić information content (AvgIpc) is 3.08. The molecule has 29 heavy (non-hydrogen) atoms. The highest BCUT2D eigenvalue weighted by Gasteiger charge is 2.25. The predicted octanol–water partition coefficient (Wildman–Crippen LogP) is 5.37. The van der Waals surface area contributed by atoms with Crippen molar-refractivity contribution in [2.24, 2.45) is 11.8 Å². The monoisotopic (exact) mass is 397 g/mol. The number of urea groups is 1. The summed E-state index contributed by atoms with van der Waals surface area (Å²) in [5.74, 6) is 2.45. The number of carbonyl (C=O) groups excluding carboxylic acids is 1. The fourth-order valence-corrected chi connectivity index (χ4v) is 3.38. The van der Waals surface area contributed by atoms with Crippen LogP contribution in [0.5, 0.6) is 5.75 Å². The molecule has 1 aromatic heterocycles. The van der Waals surface area contributed by atoms with E-state index in [1.165, 1.54) is 11.8 Å². The lowest BCUT2D eigenvalue weighted by molar-refractivity contribution is 0.197. The summed E-state index contributed by atoms with van der Waals surface area (Å²) in [4.78, 5) is 14.4. The molecule has 0 spiro atoms. The molecule has 1 N–H and O–H groups in total. The van der Waals surface area contributed by atoms with Gasteiger partial charge in [-0.05, 0) is 49.3 Å². The molecule has 156 valence electrons. The SMILES string of the molecule is Cc1oncc1NC(=O)N1CC/C(=C\c2cccc(OCCC(C)C)c2)C(C)C1. The summed E-state index contributed by atoms with van der Waals surface area (Å²) in [5.41, 5.74) is 3.12. The first-order valence-corrected chi connectivity index (χ1v) is 10.3. The van der Waals surface area contributed by atoms with Crippen LogP contribution in [-0.2, 0) is 0 Å². The summed E-state index contributed by atoms with van der Waals surface area (Å²) in [7, 11) is 0. The Bertz CT molecular complexity index is 857. The molecule has 2 aromatic rings. The van der Waals surface area contributed by atoms with Crippen molar-refractivity contribution >= 4 is 17.8 Å². The Morgan fingerprint density at radius 3 is 2.97 bits per heavy atom. The number of amides is 2. The molecule has 1 atom stereocenters. The minimum absolute atomic E-state index is 0.109. The minimum atomic E-state index is -0.109. The summed E-state index contributed by atoms with van der Waals surface area (Å²) in [6, 6.07) is 8.12. The topological polar surface area (TPSA) is 67.6 Å². The number of nitrogens with zero attached hydrogens (tertiary/aromatic N) is 2. The maximum atomic E-state index is 12.5. The number of ether oxygens (including phenoxy) is 1. The molecular weight excluding hydrogens is 366 g/mol. The number of carbonyl (C=O) groups is 1. The minimum Gasteiger partial charge on any atom is -0.494 e. The molecule has 6 nitrogen and oxygen atoms in total. The molecule has 1 unspecified atom stereocenters. The molecule has 1 aromatic carbocycles. The van der Waals surface area contributed by atoms with Gasteiger partial charge in [0, 0.05) is 13.1 Å². The van der Waals surface area contributed by atoms with Gasteiger partial charge in [-0.1, -0.05) is 49.7 Å². The van der Waals surface area contributed by atoms with Gasteiger partial charge in [0.2, 0.25) is 0 Å². The number of piperidine rings is 1. The first-order valence-electron chi connectivity index (χ1n) is 10.3. The van der Waals surface area contributed by atoms with Gasteiger partial charge >= 0.3 is 6.03 Å². The van der Waals surface area contributed by atoms with E-state index in [1.807, 2.05) is 17.0 Å². The average molecular weight is 398 g/mol. The zero-order valence-electron chi connectivity index (χ0n) is 17.8. The second-order valence-corrected chi connectivity index (χ2v) is 8.15. The molecule has 2 heterocycles. The predicted molar refractivity (Wildman–Crippen MR) is 115 cm³/mol. The van der Waals surface area contributed by atoms with Crippen molar-refractivity contribution < 1.29 is 14.1 Å². The van der Waals surface area contributed by atoms with Gasteiger partial charge in [-0.15, -0.1) is 0 Å². The van der Waals surface area contributed by atoms with Crippen molar-refractivity contribution in [1.82, 2.24) is 10.1 Å². The summed E-state index contributed by atoms with van der Waals surface area (Å²) >= 11 is 0. The van der Waals surface area contributed by atoms with Gasteiger partial charge in [0.1, 0.15) is 11.4 Å². The number of anilines is 1. The maximum absolute atomic E-state index is 12.5. The Morgan fingerprint density at radius 1 is 1.45 bits per heavy atom. The molecule has 1 saturated heterocycles. The largest absolute Gasteiger partial charge is 0.494 e. The molecule has 0 radical (unpaired) electrons. The van der Waals surface area contributed by atoms with E-state index in [-0.39, 0.29) is 6.03 Å². The smallest absolute Gasteiger partial charge is 0.322 e. The molecular formula is C23H31N3O3. The number of aryl methyl sites for hydroxylation is 1. The summed E-state index contributed by atoms with van der Waals surface area (Å²) in [6.07, 6.45) is 5.67. The summed E-state index contributed by atoms with van der Waals surface area (Å²) in [6.45, 7) is 10.5. The van der Waals surface area contributed by atoms with E-state index in [1.54, 1.807) is 6.92 Å². The summed E-state index contributed by atoms with van der Waals surface area (Å²) in [5, 5.41) is 6.57. The molecule has 1 aliphatic heterocycles. The normalized spacial score (nSPS) is 18.3. The standard InChI is InChI=1S/C23H31N3O3/c1-16(2)9-11-28-21-7-5-6-19(13-21)12-20-8-10-26(15-17(20)3)23(27)25-22-14-24-29-18(22)4/h5-7,12-14,16-17H,8-11,15H2,1-4H3,(H,25,27)/b20-12+. The van der Waals surface area contributed by atoms with Crippen molar-refractivity contribution in [3.63, 3.8) is 0 Å². The van der Waals surface area contributed by atoms with Gasteiger partial charge in [-0.3, -0.25) is 0 Å². The van der Waals surface area contributed by atoms with Crippen LogP contribution < -0.4 is 10.1 Å². The van der Waals surface area contributed by atoms with E-state index in [9.17, 15) is 4.79 Å². The van der Waals surface area contributed by atoms with Crippen molar-refractivity contribution in [2.75, 3.05) is 25.0 Å². The van der Waals surface area contributed by atoms with Crippen LogP contribution in [0.4, 0.5) is 10.5 Å². The van der Waals surface area contributed by atoms with E-state index in [0.29, 0.717) is 36.4 Å². The van der Waals surface area contributed by atoms with Crippen LogP contribution >= 0.6 is 0 Å². The van der Waals surface area contributed by atoms with E-state index in [4.69, 9.17) is 9.26 Å². The van der Waals surface area contributed by atoms with Crippen molar-refractivity contribution in [1.29, 1.82) is 0 Å². The first kappa shape index (κ1) is 21.0. The Kier molecular flexibility index (Phi) is 6.96. The number of aromatic nitrogens is 1. The fraction of sp³-hybridized carbons (Fsp3) is 0.478. The van der Waals surface area contributed by atoms with Gasteiger partial charge < -0.3 is 19.5 Å². The van der Waals surface area contributed by atoms with Crippen LogP contribution in [-0.4, -0.2) is 35.8 Å². The third-order valence-corrected chi connectivity index (χ3v) is 5.25. The van der Waals surface area contributed by atoms with Crippen LogP contribution in [0.15, 0.2) is 40.6 Å². The van der Waals surface area contributed by atoms with Crippen LogP contribution in [0.2, 0.25) is 0 Å². The molecule has 0 saturated carbocycles. The quantitative estimate of drug-likeness (QED) is 0.712. The lowest BCUT2D eigenvalue weighted by Gasteiger charge is -2.33. The summed E-state index contributed by atoms with van der Waals surface area (Å²) < 4.78 is 10.9. The zero-order valence-corrected chi connectivity index (χ0v) is 17.8. The molecule has 0 bridgehead atoms. The van der Waals surface area contributed by atoms with Gasteiger partial charge in [0.25, 0.3) is 0 Å². The van der Waals surface area contributed by atoms with E-state index in [0.717, 1.165) is 30.8 Å². The molecule has 6 heteroatoms. The van der Waals surface area contributed by atoms with E-state index >= 15 is 0 Å². The van der Waals surface area contributed by atoms with E-state index < -0.39 is 0 Å². The van der Waals surface area contributed by atoms with Crippen LogP contribution in [0, 0.1) is 18.8 Å².